The smallest absolute Gasteiger partial charge is 0.237 e. The van der Waals surface area contributed by atoms with Gasteiger partial charge in [0, 0.05) is 25.1 Å². The van der Waals surface area contributed by atoms with Gasteiger partial charge in [0.25, 0.3) is 0 Å². The Hall–Kier alpha value is -3.19. The van der Waals surface area contributed by atoms with Gasteiger partial charge in [0.15, 0.2) is 5.16 Å². The molecule has 0 N–H and O–H groups in total. The van der Waals surface area contributed by atoms with Crippen molar-refractivity contribution >= 4 is 34.4 Å². The maximum Gasteiger partial charge on any atom is 0.237 e. The summed E-state index contributed by atoms with van der Waals surface area (Å²) in [4.78, 5) is 23.1. The molecule has 5 nitrogen and oxygen atoms in total. The number of halogens is 1. The van der Waals surface area contributed by atoms with Crippen LogP contribution in [0, 0.1) is 5.82 Å². The number of nitrogens with zero attached hydrogens (tertiary/aromatic N) is 4. The summed E-state index contributed by atoms with van der Waals surface area (Å²) in [6, 6.07) is 17.7. The van der Waals surface area contributed by atoms with Gasteiger partial charge < -0.3 is 9.47 Å². The molecule has 0 aliphatic carbocycles. The average molecular weight is 406 g/mol. The number of amides is 1. The van der Waals surface area contributed by atoms with Gasteiger partial charge in [-0.05, 0) is 48.0 Å². The number of hydrogen-bond donors (Lipinski definition) is 0. The summed E-state index contributed by atoms with van der Waals surface area (Å²) in [6.45, 7) is 0.624. The Balaban J connectivity index is 1.55. The van der Waals surface area contributed by atoms with Gasteiger partial charge in [0.2, 0.25) is 5.91 Å². The normalized spacial score (nSPS) is 11.0. The molecule has 146 valence electrons. The standard InChI is InChI=1S/C22H19FN4OS/c1-26(18-10-8-17(23)9-11-18)21(28)15-29-22-25-19-6-2-3-7-20(19)27(22)14-16-5-4-12-24-13-16/h2-13H,14-15H2,1H3. The molecule has 0 aliphatic heterocycles. The highest BCUT2D eigenvalue weighted by molar-refractivity contribution is 7.99. The topological polar surface area (TPSA) is 51.0 Å². The van der Waals surface area contributed by atoms with E-state index >= 15 is 0 Å². The van der Waals surface area contributed by atoms with Crippen LogP contribution in [-0.4, -0.2) is 33.2 Å². The van der Waals surface area contributed by atoms with E-state index in [1.165, 1.54) is 28.8 Å². The van der Waals surface area contributed by atoms with Crippen LogP contribution >= 0.6 is 11.8 Å². The van der Waals surface area contributed by atoms with Gasteiger partial charge in [0.05, 0.1) is 23.3 Å². The van der Waals surface area contributed by atoms with Crippen molar-refractivity contribution < 1.29 is 9.18 Å². The van der Waals surface area contributed by atoms with Crippen molar-refractivity contribution in [2.24, 2.45) is 0 Å². The highest BCUT2D eigenvalue weighted by atomic mass is 32.2. The van der Waals surface area contributed by atoms with Crippen LogP contribution in [0.25, 0.3) is 11.0 Å². The van der Waals surface area contributed by atoms with Crippen LogP contribution in [0.2, 0.25) is 0 Å². The van der Waals surface area contributed by atoms with Gasteiger partial charge in [-0.25, -0.2) is 9.37 Å². The lowest BCUT2D eigenvalue weighted by Crippen LogP contribution is -2.28. The number of rotatable bonds is 6. The number of para-hydroxylation sites is 2. The number of fused-ring (bicyclic) bond motifs is 1. The fourth-order valence-electron chi connectivity index (χ4n) is 3.02. The first kappa shape index (κ1) is 19.1. The third-order valence-electron chi connectivity index (χ3n) is 4.60. The monoisotopic (exact) mass is 406 g/mol. The molecule has 2 aromatic heterocycles. The molecule has 0 saturated heterocycles. The molecule has 0 atom stereocenters. The molecular weight excluding hydrogens is 387 g/mol. The molecule has 2 heterocycles. The molecular formula is C22H19FN4OS. The SMILES string of the molecule is CN(C(=O)CSc1nc2ccccc2n1Cc1cccnc1)c1ccc(F)cc1. The summed E-state index contributed by atoms with van der Waals surface area (Å²) in [5.74, 6) is -0.181. The molecule has 0 spiro atoms. The first-order valence-corrected chi connectivity index (χ1v) is 10.1. The van der Waals surface area contributed by atoms with Crippen LogP contribution in [0.15, 0.2) is 78.2 Å². The Morgan fingerprint density at radius 1 is 1.10 bits per heavy atom. The highest BCUT2D eigenvalue weighted by Crippen LogP contribution is 2.26. The van der Waals surface area contributed by atoms with E-state index in [1.807, 2.05) is 42.6 Å². The Morgan fingerprint density at radius 2 is 1.90 bits per heavy atom. The molecule has 0 unspecified atom stereocenters. The van der Waals surface area contributed by atoms with Gasteiger partial charge in [-0.15, -0.1) is 0 Å². The molecule has 7 heteroatoms. The zero-order valence-electron chi connectivity index (χ0n) is 15.8. The van der Waals surface area contributed by atoms with Crippen molar-refractivity contribution in [3.63, 3.8) is 0 Å². The second-order valence-corrected chi connectivity index (χ2v) is 7.49. The molecule has 4 aromatic rings. The fraction of sp³-hybridized carbons (Fsp3) is 0.136. The van der Waals surface area contributed by atoms with Crippen LogP contribution in [-0.2, 0) is 11.3 Å². The minimum absolute atomic E-state index is 0.0819. The number of hydrogen-bond acceptors (Lipinski definition) is 4. The van der Waals surface area contributed by atoms with Crippen LogP contribution < -0.4 is 4.90 Å². The van der Waals surface area contributed by atoms with E-state index in [9.17, 15) is 9.18 Å². The van der Waals surface area contributed by atoms with Crippen LogP contribution in [0.4, 0.5) is 10.1 Å². The second-order valence-electron chi connectivity index (χ2n) is 6.55. The molecule has 0 radical (unpaired) electrons. The van der Waals surface area contributed by atoms with Gasteiger partial charge in [-0.1, -0.05) is 30.0 Å². The predicted octanol–water partition coefficient (Wildman–Crippen LogP) is 4.37. The maximum atomic E-state index is 13.1. The Labute approximate surface area is 172 Å². The quantitative estimate of drug-likeness (QED) is 0.446. The molecule has 0 fully saturated rings. The Kier molecular flexibility index (Phi) is 5.57. The summed E-state index contributed by atoms with van der Waals surface area (Å²) < 4.78 is 15.2. The van der Waals surface area contributed by atoms with Gasteiger partial charge in [-0.3, -0.25) is 9.78 Å². The Bertz CT molecular complexity index is 1130. The summed E-state index contributed by atoms with van der Waals surface area (Å²) in [5, 5.41) is 0.774. The molecule has 29 heavy (non-hydrogen) atoms. The third-order valence-corrected chi connectivity index (χ3v) is 5.56. The van der Waals surface area contributed by atoms with Crippen molar-refractivity contribution in [2.45, 2.75) is 11.7 Å². The highest BCUT2D eigenvalue weighted by Gasteiger charge is 2.16. The number of pyridine rings is 1. The van der Waals surface area contributed by atoms with Gasteiger partial charge in [0.1, 0.15) is 5.82 Å². The summed E-state index contributed by atoms with van der Waals surface area (Å²) >= 11 is 1.39. The maximum absolute atomic E-state index is 13.1. The first-order chi connectivity index (χ1) is 14.1. The molecule has 1 amide bonds. The first-order valence-electron chi connectivity index (χ1n) is 9.11. The number of anilines is 1. The number of aromatic nitrogens is 3. The summed E-state index contributed by atoms with van der Waals surface area (Å²) in [6.07, 6.45) is 3.58. The zero-order valence-corrected chi connectivity index (χ0v) is 16.6. The lowest BCUT2D eigenvalue weighted by atomic mass is 10.2. The number of benzene rings is 2. The minimum atomic E-state index is -0.326. The number of thioether (sulfide) groups is 1. The van der Waals surface area contributed by atoms with Crippen molar-refractivity contribution in [3.8, 4) is 0 Å². The number of carbonyl (C=O) groups is 1. The zero-order chi connectivity index (χ0) is 20.2. The van der Waals surface area contributed by atoms with Crippen molar-refractivity contribution in [2.75, 3.05) is 17.7 Å². The summed E-state index contributed by atoms with van der Waals surface area (Å²) in [5.41, 5.74) is 3.62. The number of imidazole rings is 1. The largest absolute Gasteiger partial charge is 0.315 e. The van der Waals surface area contributed by atoms with Crippen molar-refractivity contribution in [1.82, 2.24) is 14.5 Å². The molecule has 2 aromatic carbocycles. The summed E-state index contributed by atoms with van der Waals surface area (Å²) in [7, 11) is 1.69. The van der Waals surface area contributed by atoms with E-state index in [0.29, 0.717) is 12.2 Å². The van der Waals surface area contributed by atoms with E-state index in [-0.39, 0.29) is 17.5 Å². The molecule has 0 bridgehead atoms. The van der Waals surface area contributed by atoms with E-state index in [0.717, 1.165) is 21.8 Å². The second kappa shape index (κ2) is 8.45. The lowest BCUT2D eigenvalue weighted by molar-refractivity contribution is -0.115. The molecule has 0 saturated carbocycles. The van der Waals surface area contributed by atoms with E-state index in [4.69, 9.17) is 4.98 Å². The van der Waals surface area contributed by atoms with Gasteiger partial charge in [-0.2, -0.15) is 0 Å². The van der Waals surface area contributed by atoms with Crippen LogP contribution in [0.5, 0.6) is 0 Å². The van der Waals surface area contributed by atoms with E-state index in [2.05, 4.69) is 9.55 Å². The van der Waals surface area contributed by atoms with Crippen molar-refractivity contribution in [1.29, 1.82) is 0 Å². The number of carbonyl (C=O) groups excluding carboxylic acids is 1. The predicted molar refractivity (Wildman–Crippen MR) is 114 cm³/mol. The minimum Gasteiger partial charge on any atom is -0.315 e. The fourth-order valence-corrected chi connectivity index (χ4v) is 3.95. The van der Waals surface area contributed by atoms with Crippen LogP contribution in [0.3, 0.4) is 0 Å². The average Bonchev–Trinajstić information content (AvgIpc) is 3.10. The lowest BCUT2D eigenvalue weighted by Gasteiger charge is -2.17. The Morgan fingerprint density at radius 3 is 2.66 bits per heavy atom. The van der Waals surface area contributed by atoms with E-state index < -0.39 is 0 Å². The van der Waals surface area contributed by atoms with Crippen molar-refractivity contribution in [3.05, 3.63) is 84.4 Å². The molecule has 4 rings (SSSR count). The molecule has 0 aliphatic rings. The third kappa shape index (κ3) is 4.30. The van der Waals surface area contributed by atoms with E-state index in [1.54, 1.807) is 25.4 Å². The van der Waals surface area contributed by atoms with Crippen LogP contribution in [0.1, 0.15) is 5.56 Å². The van der Waals surface area contributed by atoms with Gasteiger partial charge >= 0.3 is 0 Å².